The quantitative estimate of drug-likeness (QED) is 0.643. The number of nitriles is 2. The minimum atomic E-state index is -1.37. The van der Waals surface area contributed by atoms with Crippen molar-refractivity contribution in [2.24, 2.45) is 0 Å². The number of imide groups is 1. The number of nitrogens with zero attached hydrogens (tertiary/aromatic N) is 2. The second-order valence-corrected chi connectivity index (χ2v) is 8.03. The van der Waals surface area contributed by atoms with Gasteiger partial charge in [0.25, 0.3) is 5.91 Å². The first-order chi connectivity index (χ1) is 16.1. The van der Waals surface area contributed by atoms with E-state index in [0.29, 0.717) is 22.3 Å². The third kappa shape index (κ3) is 2.63. The summed E-state index contributed by atoms with van der Waals surface area (Å²) in [5, 5.41) is 21.2. The van der Waals surface area contributed by atoms with Crippen LogP contribution in [0.3, 0.4) is 0 Å². The van der Waals surface area contributed by atoms with Crippen LogP contribution >= 0.6 is 0 Å². The molecule has 1 atom stereocenters. The molecule has 1 aliphatic carbocycles. The third-order valence-corrected chi connectivity index (χ3v) is 6.56. The number of benzene rings is 3. The van der Waals surface area contributed by atoms with Crippen LogP contribution in [0.1, 0.15) is 27.8 Å². The van der Waals surface area contributed by atoms with Crippen LogP contribution in [0.4, 0.5) is 0 Å². The first-order valence-electron chi connectivity index (χ1n) is 10.4. The Hall–Kier alpha value is -4.74. The zero-order chi connectivity index (χ0) is 23.1. The highest BCUT2D eigenvalue weighted by Crippen LogP contribution is 2.57. The number of allylic oxidation sites excluding steroid dienone is 3. The second-order valence-electron chi connectivity index (χ2n) is 8.03. The number of hydrogen-bond donors (Lipinski definition) is 1. The predicted octanol–water partition coefficient (Wildman–Crippen LogP) is 3.81. The molecule has 5 heteroatoms. The van der Waals surface area contributed by atoms with Crippen LogP contribution in [-0.2, 0) is 20.4 Å². The van der Waals surface area contributed by atoms with Gasteiger partial charge in [0.15, 0.2) is 0 Å². The topological polar surface area (TPSA) is 93.8 Å². The summed E-state index contributed by atoms with van der Waals surface area (Å²) in [6, 6.07) is 27.7. The molecule has 5 rings (SSSR count). The summed E-state index contributed by atoms with van der Waals surface area (Å²) in [7, 11) is 0. The molecule has 3 aromatic rings. The van der Waals surface area contributed by atoms with Crippen LogP contribution < -0.4 is 5.32 Å². The molecule has 0 bridgehead atoms. The van der Waals surface area contributed by atoms with Crippen molar-refractivity contribution in [2.75, 3.05) is 0 Å². The van der Waals surface area contributed by atoms with Gasteiger partial charge in [0.2, 0.25) is 5.91 Å². The second kappa shape index (κ2) is 7.44. The van der Waals surface area contributed by atoms with Crippen molar-refractivity contribution in [2.45, 2.75) is 10.8 Å². The normalized spacial score (nSPS) is 20.2. The molecular formula is C28H17N3O2. The smallest absolute Gasteiger partial charge is 0.255 e. The maximum absolute atomic E-state index is 13.8. The number of hydrogen-bond acceptors (Lipinski definition) is 4. The van der Waals surface area contributed by atoms with E-state index in [0.717, 1.165) is 11.1 Å². The molecule has 0 saturated carbocycles. The average molecular weight is 427 g/mol. The molecule has 0 radical (unpaired) electrons. The first kappa shape index (κ1) is 20.2. The summed E-state index contributed by atoms with van der Waals surface area (Å²) in [5.41, 5.74) is 1.05. The molecular weight excluding hydrogens is 410 g/mol. The van der Waals surface area contributed by atoms with Gasteiger partial charge >= 0.3 is 0 Å². The number of carbonyl (C=O) groups excluding carboxylic acids is 2. The van der Waals surface area contributed by atoms with Crippen molar-refractivity contribution in [3.05, 3.63) is 130 Å². The van der Waals surface area contributed by atoms with E-state index in [-0.39, 0.29) is 0 Å². The molecule has 1 aliphatic heterocycles. The number of carbonyl (C=O) groups is 2. The molecule has 1 heterocycles. The van der Waals surface area contributed by atoms with E-state index in [1.54, 1.807) is 36.4 Å². The number of amides is 2. The Bertz CT molecular complexity index is 1360. The third-order valence-electron chi connectivity index (χ3n) is 6.56. The number of nitrogens with one attached hydrogen (secondary N) is 1. The summed E-state index contributed by atoms with van der Waals surface area (Å²) in [4.78, 5) is 26.9. The molecule has 2 amide bonds. The van der Waals surface area contributed by atoms with Gasteiger partial charge in [0.1, 0.15) is 5.41 Å². The van der Waals surface area contributed by atoms with Gasteiger partial charge in [-0.15, -0.1) is 0 Å². The average Bonchev–Trinajstić information content (AvgIpc) is 3.15. The van der Waals surface area contributed by atoms with Crippen molar-refractivity contribution < 1.29 is 9.59 Å². The van der Waals surface area contributed by atoms with Gasteiger partial charge in [-0.25, -0.2) is 0 Å². The summed E-state index contributed by atoms with van der Waals surface area (Å²) >= 11 is 0. The van der Waals surface area contributed by atoms with E-state index in [4.69, 9.17) is 0 Å². The van der Waals surface area contributed by atoms with Gasteiger partial charge < -0.3 is 0 Å². The molecule has 5 nitrogen and oxygen atoms in total. The lowest BCUT2D eigenvalue weighted by atomic mass is 9.50. The van der Waals surface area contributed by atoms with Crippen molar-refractivity contribution >= 4 is 11.8 Å². The Kier molecular flexibility index (Phi) is 4.55. The zero-order valence-electron chi connectivity index (χ0n) is 17.4. The Morgan fingerprint density at radius 2 is 1.24 bits per heavy atom. The zero-order valence-corrected chi connectivity index (χ0v) is 17.4. The molecule has 3 aromatic carbocycles. The SMILES string of the molecule is N#Cc1ccc(C2(c3ccc(C#N)cc3)C=CC=C3C(=O)NC(=O)C32c2ccccc2)cc1. The fourth-order valence-corrected chi connectivity index (χ4v) is 5.17. The highest BCUT2D eigenvalue weighted by molar-refractivity contribution is 6.22. The van der Waals surface area contributed by atoms with Crippen molar-refractivity contribution in [3.8, 4) is 12.1 Å². The molecule has 1 unspecified atom stereocenters. The summed E-state index contributed by atoms with van der Waals surface area (Å²) in [6.45, 7) is 0. The van der Waals surface area contributed by atoms with Crippen molar-refractivity contribution in [1.29, 1.82) is 10.5 Å². The lowest BCUT2D eigenvalue weighted by molar-refractivity contribution is -0.127. The Balaban J connectivity index is 1.93. The Morgan fingerprint density at radius 1 is 0.697 bits per heavy atom. The van der Waals surface area contributed by atoms with E-state index < -0.39 is 22.6 Å². The van der Waals surface area contributed by atoms with Gasteiger partial charge in [0, 0.05) is 5.57 Å². The fourth-order valence-electron chi connectivity index (χ4n) is 5.17. The number of rotatable bonds is 3. The van der Waals surface area contributed by atoms with E-state index in [2.05, 4.69) is 17.5 Å². The largest absolute Gasteiger partial charge is 0.291 e. The Morgan fingerprint density at radius 3 is 1.76 bits per heavy atom. The fraction of sp³-hybridized carbons (Fsp3) is 0.0714. The van der Waals surface area contributed by atoms with Crippen LogP contribution in [0, 0.1) is 22.7 Å². The predicted molar refractivity (Wildman–Crippen MR) is 122 cm³/mol. The van der Waals surface area contributed by atoms with E-state index >= 15 is 0 Å². The van der Waals surface area contributed by atoms with Gasteiger partial charge in [0.05, 0.1) is 28.7 Å². The van der Waals surface area contributed by atoms with Crippen molar-refractivity contribution in [3.63, 3.8) is 0 Å². The van der Waals surface area contributed by atoms with Crippen LogP contribution in [0.5, 0.6) is 0 Å². The summed E-state index contributed by atoms with van der Waals surface area (Å²) < 4.78 is 0. The highest BCUT2D eigenvalue weighted by Gasteiger charge is 2.65. The molecule has 1 fully saturated rings. The molecule has 1 saturated heterocycles. The lowest BCUT2D eigenvalue weighted by Crippen LogP contribution is -2.55. The Labute approximate surface area is 190 Å². The molecule has 33 heavy (non-hydrogen) atoms. The molecule has 1 N–H and O–H groups in total. The number of fused-ring (bicyclic) bond motifs is 1. The maximum atomic E-state index is 13.8. The monoisotopic (exact) mass is 427 g/mol. The highest BCUT2D eigenvalue weighted by atomic mass is 16.2. The summed E-state index contributed by atoms with van der Waals surface area (Å²) in [6.07, 6.45) is 5.42. The van der Waals surface area contributed by atoms with Crippen LogP contribution in [-0.4, -0.2) is 11.8 Å². The van der Waals surface area contributed by atoms with Crippen LogP contribution in [0.25, 0.3) is 0 Å². The van der Waals surface area contributed by atoms with E-state index in [9.17, 15) is 20.1 Å². The van der Waals surface area contributed by atoms with Crippen molar-refractivity contribution in [1.82, 2.24) is 5.32 Å². The minimum Gasteiger partial charge on any atom is -0.291 e. The summed E-state index contributed by atoms with van der Waals surface area (Å²) in [5.74, 6) is -0.845. The maximum Gasteiger partial charge on any atom is 0.255 e. The molecule has 2 aliphatic rings. The molecule has 156 valence electrons. The standard InChI is InChI=1S/C28H17N3O2/c29-17-19-8-12-21(13-9-19)27(22-14-10-20(18-30)11-15-22)16-4-7-24-25(32)31-26(33)28(24,27)23-5-2-1-3-6-23/h1-16H,(H,31,32,33). The minimum absolute atomic E-state index is 0.356. The molecule has 0 spiro atoms. The lowest BCUT2D eigenvalue weighted by Gasteiger charge is -2.48. The van der Waals surface area contributed by atoms with Gasteiger partial charge in [-0.2, -0.15) is 10.5 Å². The van der Waals surface area contributed by atoms with Crippen LogP contribution in [0.2, 0.25) is 0 Å². The van der Waals surface area contributed by atoms with Gasteiger partial charge in [-0.05, 0) is 41.0 Å². The first-order valence-corrected chi connectivity index (χ1v) is 10.4. The molecule has 0 aromatic heterocycles. The van der Waals surface area contributed by atoms with Gasteiger partial charge in [-0.1, -0.05) is 72.8 Å². The van der Waals surface area contributed by atoms with Crippen LogP contribution in [0.15, 0.2) is 103 Å². The van der Waals surface area contributed by atoms with E-state index in [1.165, 1.54) is 0 Å². The van der Waals surface area contributed by atoms with E-state index in [1.807, 2.05) is 60.7 Å². The van der Waals surface area contributed by atoms with Gasteiger partial charge in [-0.3, -0.25) is 14.9 Å².